The third-order valence-corrected chi connectivity index (χ3v) is 5.10. The summed E-state index contributed by atoms with van der Waals surface area (Å²) in [5.41, 5.74) is 3.67. The van der Waals surface area contributed by atoms with Gasteiger partial charge in [-0.15, -0.1) is 0 Å². The van der Waals surface area contributed by atoms with E-state index in [1.165, 1.54) is 0 Å². The number of aliphatic imine (C=N–C) groups is 1. The van der Waals surface area contributed by atoms with Crippen molar-refractivity contribution in [2.45, 2.75) is 44.8 Å². The quantitative estimate of drug-likeness (QED) is 0.541. The molecule has 1 amide bonds. The molecule has 0 atom stereocenters. The molecule has 0 unspecified atom stereocenters. The molecule has 0 spiro atoms. The van der Waals surface area contributed by atoms with Crippen molar-refractivity contribution in [1.82, 2.24) is 10.3 Å². The lowest BCUT2D eigenvalue weighted by atomic mass is 10.0. The van der Waals surface area contributed by atoms with Gasteiger partial charge in [-0.05, 0) is 45.2 Å². The average Bonchev–Trinajstić information content (AvgIpc) is 3.52. The summed E-state index contributed by atoms with van der Waals surface area (Å²) in [7, 11) is 0. The molecule has 0 aliphatic heterocycles. The lowest BCUT2D eigenvalue weighted by Crippen LogP contribution is -2.39. The number of nitrogens with one attached hydrogen (secondary N) is 1. The number of alkyl carbamates (subject to hydrolysis) is 1. The zero-order valence-corrected chi connectivity index (χ0v) is 18.1. The lowest BCUT2D eigenvalue weighted by molar-refractivity contribution is 0.0495. The second kappa shape index (κ2) is 8.34. The molecular weight excluding hydrogens is 386 g/mol. The van der Waals surface area contributed by atoms with E-state index in [0.29, 0.717) is 0 Å². The minimum atomic E-state index is -0.537. The van der Waals surface area contributed by atoms with E-state index in [-0.39, 0.29) is 0 Å². The van der Waals surface area contributed by atoms with Crippen LogP contribution in [0.3, 0.4) is 0 Å². The molecule has 2 aromatic carbocycles. The molecule has 0 radical (unpaired) electrons. The number of aromatic nitrogens is 1. The maximum Gasteiger partial charge on any atom is 0.408 e. The first kappa shape index (κ1) is 20.8. The number of ether oxygens (including phenoxy) is 1. The number of pyridine rings is 1. The van der Waals surface area contributed by atoms with Crippen molar-refractivity contribution < 1.29 is 9.53 Å². The van der Waals surface area contributed by atoms with E-state index in [1.54, 1.807) is 12.4 Å². The standard InChI is InChI=1S/C26H27N3O2/c1-25(2,3)31-24(30)29-26(14-15-26)21-16-22(18-27-17-21)28-23(19-10-6-4-7-11-19)20-12-8-5-9-13-20/h4-13,16-18H,14-15H2,1-3H3,(H,29,30). The van der Waals surface area contributed by atoms with Crippen LogP contribution in [-0.4, -0.2) is 22.4 Å². The Morgan fingerprint density at radius 1 is 0.968 bits per heavy atom. The molecule has 0 bridgehead atoms. The van der Waals surface area contributed by atoms with E-state index < -0.39 is 17.2 Å². The third kappa shape index (κ3) is 5.18. The summed E-state index contributed by atoms with van der Waals surface area (Å²) in [6.45, 7) is 5.58. The van der Waals surface area contributed by atoms with Crippen LogP contribution in [0.4, 0.5) is 10.5 Å². The van der Waals surface area contributed by atoms with Crippen molar-refractivity contribution in [2.75, 3.05) is 0 Å². The Bertz CT molecular complexity index is 1040. The molecule has 1 saturated carbocycles. The summed E-state index contributed by atoms with van der Waals surface area (Å²) in [5, 5.41) is 3.03. The van der Waals surface area contributed by atoms with Crippen LogP contribution in [0.1, 0.15) is 50.3 Å². The predicted octanol–water partition coefficient (Wildman–Crippen LogP) is 5.76. The minimum absolute atomic E-state index is 0.409. The number of benzene rings is 2. The summed E-state index contributed by atoms with van der Waals surface area (Å²) in [4.78, 5) is 21.7. The van der Waals surface area contributed by atoms with Gasteiger partial charge in [0.25, 0.3) is 0 Å². The van der Waals surface area contributed by atoms with Crippen LogP contribution >= 0.6 is 0 Å². The van der Waals surface area contributed by atoms with Gasteiger partial charge in [0.1, 0.15) is 5.60 Å². The van der Waals surface area contributed by atoms with E-state index in [2.05, 4.69) is 34.6 Å². The predicted molar refractivity (Wildman–Crippen MR) is 123 cm³/mol. The highest BCUT2D eigenvalue weighted by molar-refractivity contribution is 6.13. The number of hydrogen-bond acceptors (Lipinski definition) is 4. The van der Waals surface area contributed by atoms with Gasteiger partial charge in [0.15, 0.2) is 0 Å². The van der Waals surface area contributed by atoms with Gasteiger partial charge < -0.3 is 10.1 Å². The molecule has 3 aromatic rings. The molecular formula is C26H27N3O2. The highest BCUT2D eigenvalue weighted by Crippen LogP contribution is 2.46. The fourth-order valence-corrected chi connectivity index (χ4v) is 3.48. The van der Waals surface area contributed by atoms with Gasteiger partial charge in [-0.25, -0.2) is 9.79 Å². The highest BCUT2D eigenvalue weighted by Gasteiger charge is 2.47. The Morgan fingerprint density at radius 3 is 2.06 bits per heavy atom. The van der Waals surface area contributed by atoms with Crippen LogP contribution in [0.2, 0.25) is 0 Å². The van der Waals surface area contributed by atoms with E-state index in [0.717, 1.165) is 40.9 Å². The van der Waals surface area contributed by atoms with Gasteiger partial charge >= 0.3 is 6.09 Å². The highest BCUT2D eigenvalue weighted by atomic mass is 16.6. The molecule has 1 heterocycles. The van der Waals surface area contributed by atoms with Crippen molar-refractivity contribution in [3.05, 3.63) is 95.8 Å². The molecule has 5 heteroatoms. The summed E-state index contributed by atoms with van der Waals surface area (Å²) in [5.74, 6) is 0. The first-order valence-corrected chi connectivity index (χ1v) is 10.5. The maximum atomic E-state index is 12.3. The number of rotatable bonds is 5. The van der Waals surface area contributed by atoms with E-state index in [4.69, 9.17) is 9.73 Å². The van der Waals surface area contributed by atoms with Crippen molar-refractivity contribution in [2.24, 2.45) is 4.99 Å². The summed E-state index contributed by atoms with van der Waals surface area (Å²) in [6.07, 6.45) is 4.84. The molecule has 0 saturated heterocycles. The molecule has 4 rings (SSSR count). The Labute approximate surface area is 183 Å². The number of carbonyl (C=O) groups is 1. The van der Waals surface area contributed by atoms with Crippen LogP contribution in [0.15, 0.2) is 84.1 Å². The van der Waals surface area contributed by atoms with Gasteiger partial charge in [-0.3, -0.25) is 4.98 Å². The fourth-order valence-electron chi connectivity index (χ4n) is 3.48. The normalized spacial score (nSPS) is 14.4. The monoisotopic (exact) mass is 413 g/mol. The number of hydrogen-bond donors (Lipinski definition) is 1. The Balaban J connectivity index is 1.65. The van der Waals surface area contributed by atoms with Crippen LogP contribution < -0.4 is 5.32 Å². The van der Waals surface area contributed by atoms with Gasteiger partial charge in [-0.1, -0.05) is 60.7 Å². The van der Waals surface area contributed by atoms with Crippen molar-refractivity contribution in [3.8, 4) is 0 Å². The van der Waals surface area contributed by atoms with Crippen molar-refractivity contribution in [3.63, 3.8) is 0 Å². The molecule has 1 aromatic heterocycles. The molecule has 1 fully saturated rings. The number of amides is 1. The molecule has 1 aliphatic carbocycles. The maximum absolute atomic E-state index is 12.3. The molecule has 31 heavy (non-hydrogen) atoms. The average molecular weight is 414 g/mol. The van der Waals surface area contributed by atoms with Crippen molar-refractivity contribution >= 4 is 17.5 Å². The molecule has 1 aliphatic rings. The summed E-state index contributed by atoms with van der Waals surface area (Å²) >= 11 is 0. The SMILES string of the molecule is CC(C)(C)OC(=O)NC1(c2cncc(N=C(c3ccccc3)c3ccccc3)c2)CC1. The summed E-state index contributed by atoms with van der Waals surface area (Å²) in [6, 6.07) is 22.2. The van der Waals surface area contributed by atoms with Crippen molar-refractivity contribution in [1.29, 1.82) is 0 Å². The molecule has 1 N–H and O–H groups in total. The van der Waals surface area contributed by atoms with Crippen LogP contribution in [-0.2, 0) is 10.3 Å². The largest absolute Gasteiger partial charge is 0.444 e. The van der Waals surface area contributed by atoms with E-state index >= 15 is 0 Å². The Kier molecular flexibility index (Phi) is 5.59. The Morgan fingerprint density at radius 2 is 1.55 bits per heavy atom. The first-order chi connectivity index (χ1) is 14.8. The molecule has 158 valence electrons. The smallest absolute Gasteiger partial charge is 0.408 e. The van der Waals surface area contributed by atoms with Crippen LogP contribution in [0, 0.1) is 0 Å². The lowest BCUT2D eigenvalue weighted by Gasteiger charge is -2.23. The zero-order chi connectivity index (χ0) is 21.9. The topological polar surface area (TPSA) is 63.6 Å². The fraction of sp³-hybridized carbons (Fsp3) is 0.269. The van der Waals surface area contributed by atoms with E-state index in [1.807, 2.05) is 63.2 Å². The van der Waals surface area contributed by atoms with Crippen LogP contribution in [0.5, 0.6) is 0 Å². The van der Waals surface area contributed by atoms with Crippen LogP contribution in [0.25, 0.3) is 0 Å². The Hall–Kier alpha value is -3.47. The first-order valence-electron chi connectivity index (χ1n) is 10.5. The summed E-state index contributed by atoms with van der Waals surface area (Å²) < 4.78 is 5.45. The second-order valence-electron chi connectivity index (χ2n) is 8.83. The van der Waals surface area contributed by atoms with Gasteiger partial charge in [0, 0.05) is 17.3 Å². The van der Waals surface area contributed by atoms with Gasteiger partial charge in [0.05, 0.1) is 23.1 Å². The second-order valence-corrected chi connectivity index (χ2v) is 8.83. The van der Waals surface area contributed by atoms with Gasteiger partial charge in [-0.2, -0.15) is 0 Å². The number of carbonyl (C=O) groups excluding carboxylic acids is 1. The van der Waals surface area contributed by atoms with E-state index in [9.17, 15) is 4.79 Å². The van der Waals surface area contributed by atoms with Gasteiger partial charge in [0.2, 0.25) is 0 Å². The number of nitrogens with zero attached hydrogens (tertiary/aromatic N) is 2. The zero-order valence-electron chi connectivity index (χ0n) is 18.1. The molecule has 5 nitrogen and oxygen atoms in total. The minimum Gasteiger partial charge on any atom is -0.444 e. The third-order valence-electron chi connectivity index (χ3n) is 5.10.